The van der Waals surface area contributed by atoms with Gasteiger partial charge < -0.3 is 24.8 Å². The summed E-state index contributed by atoms with van der Waals surface area (Å²) in [6.07, 6.45) is 1.01. The van der Waals surface area contributed by atoms with E-state index < -0.39 is 19.1 Å². The molecule has 0 bridgehead atoms. The second-order valence-electron chi connectivity index (χ2n) is 9.50. The summed E-state index contributed by atoms with van der Waals surface area (Å²) in [7, 11) is 1.46. The van der Waals surface area contributed by atoms with Crippen molar-refractivity contribution in [3.8, 4) is 0 Å². The highest BCUT2D eigenvalue weighted by atomic mass is 79.9. The summed E-state index contributed by atoms with van der Waals surface area (Å²) in [6, 6.07) is 13.8. The largest absolute Gasteiger partial charge is 0.480 e. The van der Waals surface area contributed by atoms with Gasteiger partial charge in [0, 0.05) is 37.2 Å². The van der Waals surface area contributed by atoms with Crippen LogP contribution in [0.5, 0.6) is 0 Å². The maximum Gasteiger partial charge on any atom is 0.480 e. The van der Waals surface area contributed by atoms with Crippen molar-refractivity contribution in [2.45, 2.75) is 38.7 Å². The van der Waals surface area contributed by atoms with Crippen LogP contribution in [0.4, 0.5) is 0 Å². The molecule has 2 aromatic carbocycles. The molecule has 2 aromatic rings. The van der Waals surface area contributed by atoms with E-state index in [4.69, 9.17) is 20.9 Å². The molecule has 36 heavy (non-hydrogen) atoms. The fourth-order valence-corrected chi connectivity index (χ4v) is 4.60. The zero-order valence-electron chi connectivity index (χ0n) is 21.0. The van der Waals surface area contributed by atoms with Crippen LogP contribution in [0.1, 0.15) is 36.2 Å². The summed E-state index contributed by atoms with van der Waals surface area (Å²) >= 11 is 9.66. The summed E-state index contributed by atoms with van der Waals surface area (Å²) < 4.78 is 12.7. The molecule has 0 radical (unpaired) electrons. The Kier molecular flexibility index (Phi) is 11.3. The van der Waals surface area contributed by atoms with Gasteiger partial charge in [0.05, 0.1) is 16.5 Å². The number of hydrogen-bond donors (Lipinski definition) is 2. The summed E-state index contributed by atoms with van der Waals surface area (Å²) in [5, 5.41) is 6.33. The SMILES string of the molecule is CC(C)C[C@H](NC(=O)[C@H](Cc1ccccc1)NC(=O)c1cc(Br)ccc1Cl)B1OCCN(C)CCO1. The van der Waals surface area contributed by atoms with Crippen LogP contribution in [-0.2, 0) is 20.5 Å². The molecule has 1 heterocycles. The molecule has 194 valence electrons. The quantitative estimate of drug-likeness (QED) is 0.440. The molecular formula is C26H34BBrClN3O4. The standard InChI is InChI=1S/C26H34BBrClN3O4/c1-18(2)15-24(27-35-13-11-32(3)12-14-36-27)31-26(34)23(16-19-7-5-4-6-8-19)30-25(33)21-17-20(28)9-10-22(21)29/h4-10,17-18,23-24H,11-16H2,1-3H3,(H,30,33)(H,31,34)/t23-,24-/m0/s1. The van der Waals surface area contributed by atoms with E-state index in [1.807, 2.05) is 37.4 Å². The Hall–Kier alpha value is -1.91. The first-order valence-corrected chi connectivity index (χ1v) is 13.4. The number of nitrogens with one attached hydrogen (secondary N) is 2. The van der Waals surface area contributed by atoms with Gasteiger partial charge in [-0.3, -0.25) is 9.59 Å². The molecule has 1 aliphatic heterocycles. The molecule has 10 heteroatoms. The first-order valence-electron chi connectivity index (χ1n) is 12.2. The minimum atomic E-state index is -0.815. The Balaban J connectivity index is 1.80. The minimum absolute atomic E-state index is 0.296. The third-order valence-corrected chi connectivity index (χ3v) is 6.79. The van der Waals surface area contributed by atoms with Crippen LogP contribution in [0.2, 0.25) is 5.02 Å². The Morgan fingerprint density at radius 1 is 1.08 bits per heavy atom. The average molecular weight is 579 g/mol. The summed E-state index contributed by atoms with van der Waals surface area (Å²) in [6.45, 7) is 6.79. The lowest BCUT2D eigenvalue weighted by Gasteiger charge is -2.31. The zero-order valence-corrected chi connectivity index (χ0v) is 23.3. The molecule has 0 aliphatic carbocycles. The maximum atomic E-state index is 13.6. The molecule has 3 rings (SSSR count). The van der Waals surface area contributed by atoms with Gasteiger partial charge in [-0.2, -0.15) is 0 Å². The third kappa shape index (κ3) is 8.89. The number of hydrogen-bond acceptors (Lipinski definition) is 5. The van der Waals surface area contributed by atoms with Crippen molar-refractivity contribution in [2.24, 2.45) is 5.92 Å². The van der Waals surface area contributed by atoms with Crippen molar-refractivity contribution < 1.29 is 18.9 Å². The van der Waals surface area contributed by atoms with E-state index in [2.05, 4.69) is 45.3 Å². The van der Waals surface area contributed by atoms with Crippen LogP contribution in [-0.4, -0.2) is 69.2 Å². The smallest absolute Gasteiger partial charge is 0.408 e. The number of carbonyl (C=O) groups excluding carboxylic acids is 2. The van der Waals surface area contributed by atoms with Crippen molar-refractivity contribution in [1.82, 2.24) is 15.5 Å². The van der Waals surface area contributed by atoms with Gasteiger partial charge in [0.2, 0.25) is 5.91 Å². The molecule has 0 aromatic heterocycles. The molecule has 0 unspecified atom stereocenters. The van der Waals surface area contributed by atoms with Crippen LogP contribution in [0.25, 0.3) is 0 Å². The fourth-order valence-electron chi connectivity index (χ4n) is 4.04. The summed E-state index contributed by atoms with van der Waals surface area (Å²) in [5.74, 6) is -0.765. The van der Waals surface area contributed by atoms with E-state index >= 15 is 0 Å². The van der Waals surface area contributed by atoms with E-state index in [9.17, 15) is 9.59 Å². The van der Waals surface area contributed by atoms with E-state index in [0.717, 1.165) is 23.1 Å². The van der Waals surface area contributed by atoms with Gasteiger partial charge in [-0.05, 0) is 43.1 Å². The average Bonchev–Trinajstić information content (AvgIpc) is 2.82. The highest BCUT2D eigenvalue weighted by Gasteiger charge is 2.35. The number of benzene rings is 2. The first-order chi connectivity index (χ1) is 17.2. The van der Waals surface area contributed by atoms with Gasteiger partial charge in [0.1, 0.15) is 6.04 Å². The number of likely N-dealkylation sites (N-methyl/N-ethyl adjacent to an activating group) is 1. The fraction of sp³-hybridized carbons (Fsp3) is 0.462. The lowest BCUT2D eigenvalue weighted by atomic mass is 9.73. The molecule has 0 spiro atoms. The summed E-state index contributed by atoms with van der Waals surface area (Å²) in [5.41, 5.74) is 1.23. The van der Waals surface area contributed by atoms with Crippen molar-refractivity contribution in [3.05, 3.63) is 69.2 Å². The summed E-state index contributed by atoms with van der Waals surface area (Å²) in [4.78, 5) is 28.9. The molecule has 2 atom stereocenters. The van der Waals surface area contributed by atoms with E-state index in [1.165, 1.54) is 0 Å². The third-order valence-electron chi connectivity index (χ3n) is 5.97. The highest BCUT2D eigenvalue weighted by molar-refractivity contribution is 9.10. The Labute approximate surface area is 227 Å². The number of rotatable bonds is 9. The van der Waals surface area contributed by atoms with Crippen LogP contribution in [0.15, 0.2) is 53.0 Å². The molecule has 1 fully saturated rings. The molecule has 2 amide bonds. The predicted octanol–water partition coefficient (Wildman–Crippen LogP) is 3.98. The number of carbonyl (C=O) groups is 2. The predicted molar refractivity (Wildman–Crippen MR) is 147 cm³/mol. The highest BCUT2D eigenvalue weighted by Crippen LogP contribution is 2.21. The Morgan fingerprint density at radius 3 is 2.39 bits per heavy atom. The first kappa shape index (κ1) is 28.7. The maximum absolute atomic E-state index is 13.6. The molecular weight excluding hydrogens is 544 g/mol. The molecule has 7 nitrogen and oxygen atoms in total. The number of amides is 2. The lowest BCUT2D eigenvalue weighted by Crippen LogP contribution is -2.57. The van der Waals surface area contributed by atoms with Crippen LogP contribution >= 0.6 is 27.5 Å². The van der Waals surface area contributed by atoms with Crippen molar-refractivity contribution in [2.75, 3.05) is 33.4 Å². The van der Waals surface area contributed by atoms with Gasteiger partial charge in [-0.25, -0.2) is 0 Å². The number of halogens is 2. The monoisotopic (exact) mass is 577 g/mol. The van der Waals surface area contributed by atoms with E-state index in [-0.39, 0.29) is 11.8 Å². The van der Waals surface area contributed by atoms with Crippen molar-refractivity contribution >= 4 is 46.5 Å². The minimum Gasteiger partial charge on any atom is -0.408 e. The lowest BCUT2D eigenvalue weighted by molar-refractivity contribution is -0.123. The normalized spacial score (nSPS) is 16.7. The Morgan fingerprint density at radius 2 is 1.75 bits per heavy atom. The molecule has 2 N–H and O–H groups in total. The second-order valence-corrected chi connectivity index (χ2v) is 10.8. The Bertz CT molecular complexity index is 1000. The molecule has 0 saturated carbocycles. The van der Waals surface area contributed by atoms with Gasteiger partial charge >= 0.3 is 7.12 Å². The topological polar surface area (TPSA) is 79.9 Å². The van der Waals surface area contributed by atoms with Crippen molar-refractivity contribution in [1.29, 1.82) is 0 Å². The van der Waals surface area contributed by atoms with E-state index in [1.54, 1.807) is 18.2 Å². The van der Waals surface area contributed by atoms with Crippen LogP contribution in [0, 0.1) is 5.92 Å². The van der Waals surface area contributed by atoms with Gasteiger partial charge in [-0.1, -0.05) is 71.7 Å². The second kappa shape index (κ2) is 14.1. The van der Waals surface area contributed by atoms with Crippen LogP contribution < -0.4 is 10.6 Å². The van der Waals surface area contributed by atoms with E-state index in [0.29, 0.717) is 42.6 Å². The van der Waals surface area contributed by atoms with Gasteiger partial charge in [-0.15, -0.1) is 0 Å². The number of nitrogens with zero attached hydrogens (tertiary/aromatic N) is 1. The van der Waals surface area contributed by atoms with Gasteiger partial charge in [0.25, 0.3) is 5.91 Å². The van der Waals surface area contributed by atoms with Gasteiger partial charge in [0.15, 0.2) is 0 Å². The van der Waals surface area contributed by atoms with Crippen LogP contribution in [0.3, 0.4) is 0 Å². The molecule has 1 saturated heterocycles. The van der Waals surface area contributed by atoms with Crippen molar-refractivity contribution in [3.63, 3.8) is 0 Å². The zero-order chi connectivity index (χ0) is 26.1. The molecule has 1 aliphatic rings.